The van der Waals surface area contributed by atoms with Crippen molar-refractivity contribution in [2.45, 2.75) is 23.8 Å². The van der Waals surface area contributed by atoms with Gasteiger partial charge in [-0.05, 0) is 38.1 Å². The zero-order valence-corrected chi connectivity index (χ0v) is 15.1. The average molecular weight is 371 g/mol. The highest BCUT2D eigenvalue weighted by molar-refractivity contribution is 7.89. The molecule has 25 heavy (non-hydrogen) atoms. The van der Waals surface area contributed by atoms with Crippen LogP contribution in [0.1, 0.15) is 23.7 Å². The molecule has 1 atom stereocenters. The summed E-state index contributed by atoms with van der Waals surface area (Å²) in [5.74, 6) is -0.365. The molecule has 140 valence electrons. The molecule has 1 aliphatic rings. The Morgan fingerprint density at radius 3 is 2.92 bits per heavy atom. The summed E-state index contributed by atoms with van der Waals surface area (Å²) in [4.78, 5) is 12.1. The molecule has 1 aromatic rings. The van der Waals surface area contributed by atoms with Crippen LogP contribution >= 0.6 is 0 Å². The molecule has 1 aliphatic heterocycles. The number of ether oxygens (including phenoxy) is 1. The number of aliphatic hydroxyl groups is 1. The van der Waals surface area contributed by atoms with Gasteiger partial charge in [0.1, 0.15) is 0 Å². The van der Waals surface area contributed by atoms with Crippen molar-refractivity contribution in [2.24, 2.45) is 0 Å². The molecule has 1 heterocycles. The van der Waals surface area contributed by atoms with Crippen molar-refractivity contribution < 1.29 is 23.1 Å². The van der Waals surface area contributed by atoms with Crippen LogP contribution < -0.4 is 15.4 Å². The van der Waals surface area contributed by atoms with E-state index in [1.54, 1.807) is 6.07 Å². The first kappa shape index (κ1) is 19.8. The van der Waals surface area contributed by atoms with E-state index in [0.29, 0.717) is 39.3 Å². The monoisotopic (exact) mass is 371 g/mol. The molecule has 0 spiro atoms. The third-order valence-corrected chi connectivity index (χ3v) is 5.35. The number of benzene rings is 1. The smallest absolute Gasteiger partial charge is 0.251 e. The molecule has 1 fully saturated rings. The first-order chi connectivity index (χ1) is 11.9. The van der Waals surface area contributed by atoms with Gasteiger partial charge >= 0.3 is 0 Å². The Morgan fingerprint density at radius 1 is 1.44 bits per heavy atom. The van der Waals surface area contributed by atoms with Gasteiger partial charge in [-0.15, -0.1) is 0 Å². The van der Waals surface area contributed by atoms with Crippen LogP contribution in [0.4, 0.5) is 0 Å². The average Bonchev–Trinajstić information content (AvgIpc) is 3.04. The minimum absolute atomic E-state index is 0.0143. The fourth-order valence-electron chi connectivity index (χ4n) is 2.48. The number of sulfonamides is 1. The molecule has 0 radical (unpaired) electrons. The van der Waals surface area contributed by atoms with Crippen LogP contribution in [0.15, 0.2) is 29.2 Å². The quantitative estimate of drug-likeness (QED) is 0.433. The SMILES string of the molecule is CCOCCNC(=O)c1cccc(S(=O)(=O)NC[C@@]2(O)CCNC2)c1. The summed E-state index contributed by atoms with van der Waals surface area (Å²) < 4.78 is 32.4. The highest BCUT2D eigenvalue weighted by Gasteiger charge is 2.32. The van der Waals surface area contributed by atoms with E-state index in [0.717, 1.165) is 0 Å². The van der Waals surface area contributed by atoms with Crippen molar-refractivity contribution in [2.75, 3.05) is 39.4 Å². The fraction of sp³-hybridized carbons (Fsp3) is 0.562. The van der Waals surface area contributed by atoms with Crippen molar-refractivity contribution in [1.82, 2.24) is 15.4 Å². The minimum Gasteiger partial charge on any atom is -0.387 e. The summed E-state index contributed by atoms with van der Waals surface area (Å²) >= 11 is 0. The number of β-amino-alcohol motifs (C(OH)–C–C–N with tert-alkyl or cyclic N) is 1. The van der Waals surface area contributed by atoms with Gasteiger partial charge in [-0.25, -0.2) is 13.1 Å². The summed E-state index contributed by atoms with van der Waals surface area (Å²) in [6.45, 7) is 4.09. The molecule has 9 heteroatoms. The first-order valence-electron chi connectivity index (χ1n) is 8.25. The largest absolute Gasteiger partial charge is 0.387 e. The van der Waals surface area contributed by atoms with Gasteiger partial charge in [0.25, 0.3) is 5.91 Å². The van der Waals surface area contributed by atoms with Crippen molar-refractivity contribution in [3.8, 4) is 0 Å². The molecule has 1 amide bonds. The van der Waals surface area contributed by atoms with E-state index in [1.165, 1.54) is 18.2 Å². The highest BCUT2D eigenvalue weighted by Crippen LogP contribution is 2.16. The normalized spacial score (nSPS) is 20.6. The van der Waals surface area contributed by atoms with Gasteiger partial charge < -0.3 is 20.5 Å². The Kier molecular flexibility index (Phi) is 6.91. The Hall–Kier alpha value is -1.52. The van der Waals surface area contributed by atoms with Crippen molar-refractivity contribution in [3.05, 3.63) is 29.8 Å². The Bertz CT molecular complexity index is 687. The summed E-state index contributed by atoms with van der Waals surface area (Å²) in [6.07, 6.45) is 0.484. The number of hydrogen-bond donors (Lipinski definition) is 4. The molecular weight excluding hydrogens is 346 g/mol. The predicted octanol–water partition coefficient (Wildman–Crippen LogP) is -0.544. The standard InChI is InChI=1S/C16H25N3O5S/c1-2-24-9-8-18-15(20)13-4-3-5-14(10-13)25(22,23)19-12-16(21)6-7-17-11-16/h3-5,10,17,19,21H,2,6-9,11-12H2,1H3,(H,18,20)/t16-/m1/s1. The molecule has 0 saturated carbocycles. The molecule has 0 unspecified atom stereocenters. The molecular formula is C16H25N3O5S. The number of amides is 1. The molecule has 0 aromatic heterocycles. The predicted molar refractivity (Wildman–Crippen MR) is 92.9 cm³/mol. The van der Waals surface area contributed by atoms with Gasteiger partial charge in [-0.3, -0.25) is 4.79 Å². The van der Waals surface area contributed by atoms with Crippen molar-refractivity contribution in [3.63, 3.8) is 0 Å². The fourth-order valence-corrected chi connectivity index (χ4v) is 3.65. The van der Waals surface area contributed by atoms with E-state index < -0.39 is 15.6 Å². The van der Waals surface area contributed by atoms with E-state index >= 15 is 0 Å². The third-order valence-electron chi connectivity index (χ3n) is 3.96. The number of nitrogens with one attached hydrogen (secondary N) is 3. The summed E-state index contributed by atoms with van der Waals surface area (Å²) in [5, 5.41) is 15.9. The van der Waals surface area contributed by atoms with Gasteiger partial charge in [-0.1, -0.05) is 6.07 Å². The molecule has 1 saturated heterocycles. The van der Waals surface area contributed by atoms with E-state index in [1.807, 2.05) is 6.92 Å². The molecule has 0 aliphatic carbocycles. The van der Waals surface area contributed by atoms with Gasteiger partial charge in [-0.2, -0.15) is 0 Å². The van der Waals surface area contributed by atoms with Gasteiger partial charge in [0.2, 0.25) is 10.0 Å². The highest BCUT2D eigenvalue weighted by atomic mass is 32.2. The van der Waals surface area contributed by atoms with Crippen LogP contribution in [-0.4, -0.2) is 64.4 Å². The lowest BCUT2D eigenvalue weighted by atomic mass is 10.1. The number of rotatable bonds is 9. The second-order valence-electron chi connectivity index (χ2n) is 5.96. The van der Waals surface area contributed by atoms with Crippen LogP contribution in [0.3, 0.4) is 0 Å². The molecule has 8 nitrogen and oxygen atoms in total. The Labute approximate surface area is 148 Å². The maximum absolute atomic E-state index is 12.4. The molecule has 2 rings (SSSR count). The molecule has 0 bridgehead atoms. The Balaban J connectivity index is 1.99. The molecule has 4 N–H and O–H groups in total. The van der Waals surface area contributed by atoms with Crippen molar-refractivity contribution >= 4 is 15.9 Å². The van der Waals surface area contributed by atoms with Gasteiger partial charge in [0, 0.05) is 31.8 Å². The van der Waals surface area contributed by atoms with Gasteiger partial charge in [0.15, 0.2) is 0 Å². The van der Waals surface area contributed by atoms with Crippen LogP contribution in [0.5, 0.6) is 0 Å². The first-order valence-corrected chi connectivity index (χ1v) is 9.73. The summed E-state index contributed by atoms with van der Waals surface area (Å²) in [5.41, 5.74) is -0.831. The Morgan fingerprint density at radius 2 is 2.24 bits per heavy atom. The lowest BCUT2D eigenvalue weighted by Crippen LogP contribution is -2.44. The topological polar surface area (TPSA) is 117 Å². The second kappa shape index (κ2) is 8.72. The molecule has 1 aromatic carbocycles. The van der Waals surface area contributed by atoms with Gasteiger partial charge in [0.05, 0.1) is 17.1 Å². The summed E-state index contributed by atoms with van der Waals surface area (Å²) in [6, 6.07) is 5.78. The van der Waals surface area contributed by atoms with Crippen LogP contribution in [0, 0.1) is 0 Å². The van der Waals surface area contributed by atoms with E-state index in [9.17, 15) is 18.3 Å². The van der Waals surface area contributed by atoms with E-state index in [-0.39, 0.29) is 22.9 Å². The number of hydrogen-bond acceptors (Lipinski definition) is 6. The van der Waals surface area contributed by atoms with E-state index in [4.69, 9.17) is 4.74 Å². The zero-order valence-electron chi connectivity index (χ0n) is 14.2. The second-order valence-corrected chi connectivity index (χ2v) is 7.72. The lowest BCUT2D eigenvalue weighted by molar-refractivity contribution is 0.0667. The minimum atomic E-state index is -3.81. The van der Waals surface area contributed by atoms with Crippen molar-refractivity contribution in [1.29, 1.82) is 0 Å². The zero-order chi connectivity index (χ0) is 18.3. The third kappa shape index (κ3) is 5.75. The van der Waals surface area contributed by atoms with E-state index in [2.05, 4.69) is 15.4 Å². The maximum Gasteiger partial charge on any atom is 0.251 e. The number of carbonyl (C=O) groups is 1. The lowest BCUT2D eigenvalue weighted by Gasteiger charge is -2.21. The maximum atomic E-state index is 12.4. The van der Waals surface area contributed by atoms with Crippen LogP contribution in [0.2, 0.25) is 0 Å². The number of carbonyl (C=O) groups excluding carboxylic acids is 1. The summed E-state index contributed by atoms with van der Waals surface area (Å²) in [7, 11) is -3.81. The van der Waals surface area contributed by atoms with Crippen LogP contribution in [-0.2, 0) is 14.8 Å². The van der Waals surface area contributed by atoms with Crippen LogP contribution in [0.25, 0.3) is 0 Å².